The van der Waals surface area contributed by atoms with Crippen LogP contribution in [0.2, 0.25) is 0 Å². The second-order valence-corrected chi connectivity index (χ2v) is 5.33. The number of ether oxygens (including phenoxy) is 3. The highest BCUT2D eigenvalue weighted by Gasteiger charge is 2.24. The predicted octanol–water partition coefficient (Wildman–Crippen LogP) is 3.31. The summed E-state index contributed by atoms with van der Waals surface area (Å²) in [5.74, 6) is -5.94. The number of methoxy groups -OCH3 is 2. The fourth-order valence-corrected chi connectivity index (χ4v) is 2.11. The molecule has 0 aromatic heterocycles. The Morgan fingerprint density at radius 2 is 1.70 bits per heavy atom. The standard InChI is InChI=1S/C18H16F3NO5/c1-9(17(23)22-13-6-5-12(19)15(20)16(13)21)27-18(24)11-8-10(25-2)4-7-14(11)26-3/h4-9H,1-3H3,(H,22,23)/t9-/m1/s1. The normalized spacial score (nSPS) is 11.5. The zero-order valence-corrected chi connectivity index (χ0v) is 14.6. The molecule has 0 aliphatic rings. The average Bonchev–Trinajstić information content (AvgIpc) is 2.67. The number of carbonyl (C=O) groups is 2. The number of anilines is 1. The fourth-order valence-electron chi connectivity index (χ4n) is 2.11. The lowest BCUT2D eigenvalue weighted by Gasteiger charge is -2.15. The molecule has 2 aromatic carbocycles. The monoisotopic (exact) mass is 383 g/mol. The molecule has 1 atom stereocenters. The maximum Gasteiger partial charge on any atom is 0.342 e. The van der Waals surface area contributed by atoms with Gasteiger partial charge in [0.1, 0.15) is 17.1 Å². The molecule has 1 N–H and O–H groups in total. The van der Waals surface area contributed by atoms with Gasteiger partial charge in [0.15, 0.2) is 23.6 Å². The summed E-state index contributed by atoms with van der Waals surface area (Å²) in [6, 6.07) is 5.92. The zero-order chi connectivity index (χ0) is 20.1. The molecule has 0 unspecified atom stereocenters. The SMILES string of the molecule is COc1ccc(OC)c(C(=O)O[C@H](C)C(=O)Nc2ccc(F)c(F)c2F)c1. The summed E-state index contributed by atoms with van der Waals surface area (Å²) in [6.45, 7) is 1.23. The van der Waals surface area contributed by atoms with E-state index in [0.29, 0.717) is 11.8 Å². The van der Waals surface area contributed by atoms with Crippen LogP contribution in [0.4, 0.5) is 18.9 Å². The van der Waals surface area contributed by atoms with Crippen molar-refractivity contribution in [2.24, 2.45) is 0 Å². The van der Waals surface area contributed by atoms with Gasteiger partial charge >= 0.3 is 5.97 Å². The number of hydrogen-bond acceptors (Lipinski definition) is 5. The van der Waals surface area contributed by atoms with Gasteiger partial charge in [-0.1, -0.05) is 0 Å². The quantitative estimate of drug-likeness (QED) is 0.612. The van der Waals surface area contributed by atoms with Crippen molar-refractivity contribution in [2.75, 3.05) is 19.5 Å². The summed E-state index contributed by atoms with van der Waals surface area (Å²) in [7, 11) is 2.75. The Morgan fingerprint density at radius 3 is 2.33 bits per heavy atom. The number of halogens is 3. The van der Waals surface area contributed by atoms with Gasteiger partial charge in [-0.05, 0) is 37.3 Å². The van der Waals surface area contributed by atoms with Gasteiger partial charge in [-0.2, -0.15) is 0 Å². The molecule has 0 aliphatic heterocycles. The van der Waals surface area contributed by atoms with Crippen molar-refractivity contribution >= 4 is 17.6 Å². The number of carbonyl (C=O) groups excluding carboxylic acids is 2. The lowest BCUT2D eigenvalue weighted by molar-refractivity contribution is -0.123. The molecular weight excluding hydrogens is 367 g/mol. The third-order valence-corrected chi connectivity index (χ3v) is 3.57. The maximum atomic E-state index is 13.6. The van der Waals surface area contributed by atoms with Crippen LogP contribution >= 0.6 is 0 Å². The highest BCUT2D eigenvalue weighted by molar-refractivity contribution is 5.98. The largest absolute Gasteiger partial charge is 0.497 e. The molecule has 0 bridgehead atoms. The van der Waals surface area contributed by atoms with Crippen molar-refractivity contribution in [1.82, 2.24) is 0 Å². The molecule has 1 amide bonds. The van der Waals surface area contributed by atoms with E-state index in [4.69, 9.17) is 14.2 Å². The molecular formula is C18H16F3NO5. The van der Waals surface area contributed by atoms with Crippen LogP contribution in [0.15, 0.2) is 30.3 Å². The van der Waals surface area contributed by atoms with Crippen molar-refractivity contribution in [1.29, 1.82) is 0 Å². The summed E-state index contributed by atoms with van der Waals surface area (Å²) < 4.78 is 54.9. The first-order chi connectivity index (χ1) is 12.8. The van der Waals surface area contributed by atoms with E-state index >= 15 is 0 Å². The van der Waals surface area contributed by atoms with Gasteiger partial charge in [-0.25, -0.2) is 18.0 Å². The lowest BCUT2D eigenvalue weighted by atomic mass is 10.2. The average molecular weight is 383 g/mol. The molecule has 0 radical (unpaired) electrons. The van der Waals surface area contributed by atoms with E-state index in [2.05, 4.69) is 0 Å². The smallest absolute Gasteiger partial charge is 0.342 e. The zero-order valence-electron chi connectivity index (χ0n) is 14.6. The second-order valence-electron chi connectivity index (χ2n) is 5.33. The van der Waals surface area contributed by atoms with Crippen LogP contribution < -0.4 is 14.8 Å². The third-order valence-electron chi connectivity index (χ3n) is 3.57. The number of benzene rings is 2. The van der Waals surface area contributed by atoms with E-state index < -0.39 is 41.1 Å². The molecule has 0 spiro atoms. The molecule has 2 aromatic rings. The molecule has 9 heteroatoms. The minimum atomic E-state index is -1.72. The first-order valence-corrected chi connectivity index (χ1v) is 7.65. The molecule has 144 valence electrons. The van der Waals surface area contributed by atoms with Crippen LogP contribution in [-0.2, 0) is 9.53 Å². The minimum Gasteiger partial charge on any atom is -0.497 e. The van der Waals surface area contributed by atoms with E-state index in [-0.39, 0.29) is 11.3 Å². The van der Waals surface area contributed by atoms with E-state index in [1.807, 2.05) is 5.32 Å². The molecule has 27 heavy (non-hydrogen) atoms. The van der Waals surface area contributed by atoms with E-state index in [0.717, 1.165) is 6.07 Å². The molecule has 0 fully saturated rings. The van der Waals surface area contributed by atoms with Crippen molar-refractivity contribution < 1.29 is 37.0 Å². The van der Waals surface area contributed by atoms with E-state index in [9.17, 15) is 22.8 Å². The molecule has 0 aliphatic carbocycles. The van der Waals surface area contributed by atoms with Crippen molar-refractivity contribution in [3.8, 4) is 11.5 Å². The van der Waals surface area contributed by atoms with Gasteiger partial charge < -0.3 is 19.5 Å². The van der Waals surface area contributed by atoms with Crippen LogP contribution in [0, 0.1) is 17.5 Å². The first-order valence-electron chi connectivity index (χ1n) is 7.65. The van der Waals surface area contributed by atoms with Crippen LogP contribution in [0.3, 0.4) is 0 Å². The Bertz CT molecular complexity index is 872. The third kappa shape index (κ3) is 4.49. The van der Waals surface area contributed by atoms with Crippen molar-refractivity contribution in [3.63, 3.8) is 0 Å². The number of hydrogen-bond donors (Lipinski definition) is 1. The lowest BCUT2D eigenvalue weighted by Crippen LogP contribution is -2.30. The maximum absolute atomic E-state index is 13.6. The van der Waals surface area contributed by atoms with Gasteiger partial charge in [-0.3, -0.25) is 4.79 Å². The summed E-state index contributed by atoms with van der Waals surface area (Å²) >= 11 is 0. The van der Waals surface area contributed by atoms with Crippen LogP contribution in [0.1, 0.15) is 17.3 Å². The van der Waals surface area contributed by atoms with Crippen molar-refractivity contribution in [3.05, 3.63) is 53.3 Å². The molecule has 0 saturated heterocycles. The highest BCUT2D eigenvalue weighted by Crippen LogP contribution is 2.25. The Morgan fingerprint density at radius 1 is 1.00 bits per heavy atom. The van der Waals surface area contributed by atoms with Crippen LogP contribution in [0.5, 0.6) is 11.5 Å². The number of nitrogens with one attached hydrogen (secondary N) is 1. The number of amides is 1. The first kappa shape index (κ1) is 20.1. The summed E-state index contributed by atoms with van der Waals surface area (Å²) in [6.07, 6.45) is -1.36. The van der Waals surface area contributed by atoms with E-state index in [1.165, 1.54) is 33.3 Å². The second kappa shape index (κ2) is 8.43. The molecule has 2 rings (SSSR count). The van der Waals surface area contributed by atoms with Crippen LogP contribution in [-0.4, -0.2) is 32.2 Å². The van der Waals surface area contributed by atoms with Gasteiger partial charge in [-0.15, -0.1) is 0 Å². The van der Waals surface area contributed by atoms with Gasteiger partial charge in [0.25, 0.3) is 5.91 Å². The Balaban J connectivity index is 2.13. The van der Waals surface area contributed by atoms with Crippen LogP contribution in [0.25, 0.3) is 0 Å². The summed E-state index contributed by atoms with van der Waals surface area (Å²) in [5.41, 5.74) is -0.573. The summed E-state index contributed by atoms with van der Waals surface area (Å²) in [4.78, 5) is 24.4. The fraction of sp³-hybridized carbons (Fsp3) is 0.222. The van der Waals surface area contributed by atoms with Gasteiger partial charge in [0, 0.05) is 0 Å². The minimum absolute atomic E-state index is 0.00973. The topological polar surface area (TPSA) is 73.9 Å². The molecule has 0 saturated carbocycles. The Kier molecular flexibility index (Phi) is 6.27. The Labute approximate surface area is 152 Å². The number of esters is 1. The number of rotatable bonds is 6. The molecule has 0 heterocycles. The van der Waals surface area contributed by atoms with Gasteiger partial charge in [0.2, 0.25) is 0 Å². The van der Waals surface area contributed by atoms with Gasteiger partial charge in [0.05, 0.1) is 19.9 Å². The van der Waals surface area contributed by atoms with Crippen molar-refractivity contribution in [2.45, 2.75) is 13.0 Å². The Hall–Kier alpha value is -3.23. The highest BCUT2D eigenvalue weighted by atomic mass is 19.2. The molecule has 6 nitrogen and oxygen atoms in total. The van der Waals surface area contributed by atoms with E-state index in [1.54, 1.807) is 6.07 Å². The predicted molar refractivity (Wildman–Crippen MR) is 89.4 cm³/mol. The summed E-state index contributed by atoms with van der Waals surface area (Å²) in [5, 5.41) is 2.03.